The summed E-state index contributed by atoms with van der Waals surface area (Å²) in [6, 6.07) is 14.0. The number of amides is 1. The fourth-order valence-electron chi connectivity index (χ4n) is 2.77. The van der Waals surface area contributed by atoms with Crippen LogP contribution in [0.15, 0.2) is 66.2 Å². The van der Waals surface area contributed by atoms with Gasteiger partial charge in [-0.15, -0.1) is 6.58 Å². The summed E-state index contributed by atoms with van der Waals surface area (Å²) in [5.74, 6) is -0.261. The van der Waals surface area contributed by atoms with E-state index >= 15 is 0 Å². The van der Waals surface area contributed by atoms with Crippen LogP contribution in [0.2, 0.25) is 0 Å². The molecule has 0 fully saturated rings. The lowest BCUT2D eigenvalue weighted by molar-refractivity contribution is -0.113. The molecule has 3 nitrogen and oxygen atoms in total. The Morgan fingerprint density at radius 1 is 1.24 bits per heavy atom. The van der Waals surface area contributed by atoms with Crippen molar-refractivity contribution < 1.29 is 4.79 Å². The van der Waals surface area contributed by atoms with Gasteiger partial charge in [-0.05, 0) is 42.7 Å². The smallest absolute Gasteiger partial charge is 0.272 e. The molecule has 0 N–H and O–H groups in total. The molecule has 25 heavy (non-hydrogen) atoms. The Balaban J connectivity index is 2.04. The van der Waals surface area contributed by atoms with Crippen LogP contribution in [0.4, 0.5) is 0 Å². The van der Waals surface area contributed by atoms with Crippen molar-refractivity contribution in [2.24, 2.45) is 4.99 Å². The first-order valence-corrected chi connectivity index (χ1v) is 8.93. The maximum atomic E-state index is 12.3. The van der Waals surface area contributed by atoms with Crippen molar-refractivity contribution >= 4 is 33.5 Å². The number of thiazole rings is 1. The minimum atomic E-state index is -0.261. The Kier molecular flexibility index (Phi) is 5.10. The van der Waals surface area contributed by atoms with E-state index in [4.69, 9.17) is 0 Å². The van der Waals surface area contributed by atoms with Gasteiger partial charge in [0.1, 0.15) is 0 Å². The second-order valence-electron chi connectivity index (χ2n) is 5.91. The van der Waals surface area contributed by atoms with Crippen LogP contribution in [-0.2, 0) is 11.3 Å². The highest BCUT2D eigenvalue weighted by molar-refractivity contribution is 7.16. The molecule has 2 aromatic carbocycles. The van der Waals surface area contributed by atoms with Gasteiger partial charge in [0.25, 0.3) is 5.91 Å². The molecule has 0 atom stereocenters. The predicted octanol–water partition coefficient (Wildman–Crippen LogP) is 4.65. The standard InChI is InChI=1S/C21H20N2OS/c1-4-12-23-18-14-15(2)13-16(3)20(18)25-21(23)22-19(24)11-10-17-8-6-5-7-9-17/h4-11,13-14H,1,12H2,2-3H3/b11-10+,22-21?. The van der Waals surface area contributed by atoms with Gasteiger partial charge in [-0.2, -0.15) is 4.99 Å². The minimum Gasteiger partial charge on any atom is -0.312 e. The van der Waals surface area contributed by atoms with Gasteiger partial charge in [0.15, 0.2) is 4.80 Å². The summed E-state index contributed by atoms with van der Waals surface area (Å²) < 4.78 is 3.20. The van der Waals surface area contributed by atoms with E-state index in [9.17, 15) is 4.79 Å². The quantitative estimate of drug-likeness (QED) is 0.499. The molecule has 3 rings (SSSR count). The van der Waals surface area contributed by atoms with Crippen molar-refractivity contribution in [2.75, 3.05) is 0 Å². The third-order valence-corrected chi connectivity index (χ3v) is 5.08. The minimum absolute atomic E-state index is 0.261. The summed E-state index contributed by atoms with van der Waals surface area (Å²) in [6.45, 7) is 8.61. The molecular formula is C21H20N2OS. The zero-order valence-electron chi connectivity index (χ0n) is 14.4. The van der Waals surface area contributed by atoms with E-state index in [0.29, 0.717) is 11.3 Å². The Hall–Kier alpha value is -2.72. The first kappa shape index (κ1) is 17.1. The van der Waals surface area contributed by atoms with Crippen LogP contribution in [0.1, 0.15) is 16.7 Å². The average Bonchev–Trinajstić information content (AvgIpc) is 2.92. The number of allylic oxidation sites excluding steroid dienone is 1. The maximum Gasteiger partial charge on any atom is 0.272 e. The lowest BCUT2D eigenvalue weighted by Gasteiger charge is -2.03. The molecule has 0 aliphatic rings. The zero-order chi connectivity index (χ0) is 17.8. The van der Waals surface area contributed by atoms with Crippen molar-refractivity contribution in [3.05, 3.63) is 82.7 Å². The third-order valence-electron chi connectivity index (χ3n) is 3.85. The molecule has 126 valence electrons. The Labute approximate surface area is 151 Å². The van der Waals surface area contributed by atoms with Crippen molar-refractivity contribution in [1.29, 1.82) is 0 Å². The summed E-state index contributed by atoms with van der Waals surface area (Å²) >= 11 is 1.54. The van der Waals surface area contributed by atoms with Crippen molar-refractivity contribution in [3.8, 4) is 0 Å². The second kappa shape index (κ2) is 7.45. The first-order valence-electron chi connectivity index (χ1n) is 8.12. The third kappa shape index (κ3) is 3.86. The van der Waals surface area contributed by atoms with E-state index in [1.807, 2.05) is 41.0 Å². The van der Waals surface area contributed by atoms with E-state index in [2.05, 4.69) is 37.6 Å². The maximum absolute atomic E-state index is 12.3. The van der Waals surface area contributed by atoms with Crippen molar-refractivity contribution in [3.63, 3.8) is 0 Å². The summed E-state index contributed by atoms with van der Waals surface area (Å²) in [5, 5.41) is 0. The summed E-state index contributed by atoms with van der Waals surface area (Å²) in [6.07, 6.45) is 5.12. The summed E-state index contributed by atoms with van der Waals surface area (Å²) in [4.78, 5) is 17.3. The topological polar surface area (TPSA) is 34.4 Å². The van der Waals surface area contributed by atoms with Gasteiger partial charge >= 0.3 is 0 Å². The predicted molar refractivity (Wildman–Crippen MR) is 106 cm³/mol. The van der Waals surface area contributed by atoms with Crippen LogP contribution in [0, 0.1) is 13.8 Å². The Bertz CT molecular complexity index is 1020. The lowest BCUT2D eigenvalue weighted by Crippen LogP contribution is -2.15. The number of carbonyl (C=O) groups is 1. The Morgan fingerprint density at radius 3 is 2.72 bits per heavy atom. The van der Waals surface area contributed by atoms with Crippen LogP contribution < -0.4 is 4.80 Å². The zero-order valence-corrected chi connectivity index (χ0v) is 15.2. The molecule has 0 saturated heterocycles. The number of hydrogen-bond donors (Lipinski definition) is 0. The molecule has 3 aromatic rings. The number of rotatable bonds is 4. The fraction of sp³-hybridized carbons (Fsp3) is 0.143. The number of carbonyl (C=O) groups excluding carboxylic acids is 1. The van der Waals surface area contributed by atoms with E-state index < -0.39 is 0 Å². The average molecular weight is 348 g/mol. The largest absolute Gasteiger partial charge is 0.312 e. The number of aromatic nitrogens is 1. The number of hydrogen-bond acceptors (Lipinski definition) is 2. The number of nitrogens with zero attached hydrogens (tertiary/aromatic N) is 2. The molecule has 0 unspecified atom stereocenters. The van der Waals surface area contributed by atoms with Gasteiger partial charge in [-0.1, -0.05) is 53.8 Å². The van der Waals surface area contributed by atoms with Gasteiger partial charge in [0.05, 0.1) is 10.2 Å². The van der Waals surface area contributed by atoms with Crippen LogP contribution in [0.25, 0.3) is 16.3 Å². The molecule has 1 amide bonds. The molecule has 0 bridgehead atoms. The number of aryl methyl sites for hydroxylation is 2. The van der Waals surface area contributed by atoms with Crippen LogP contribution in [-0.4, -0.2) is 10.5 Å². The van der Waals surface area contributed by atoms with Gasteiger partial charge in [0, 0.05) is 12.6 Å². The van der Waals surface area contributed by atoms with Crippen LogP contribution >= 0.6 is 11.3 Å². The van der Waals surface area contributed by atoms with Gasteiger partial charge < -0.3 is 4.57 Å². The highest BCUT2D eigenvalue weighted by Gasteiger charge is 2.09. The number of benzene rings is 2. The SMILES string of the molecule is C=CCn1c(=NC(=O)/C=C/c2ccccc2)sc2c(C)cc(C)cc21. The second-order valence-corrected chi connectivity index (χ2v) is 6.89. The molecule has 4 heteroatoms. The number of fused-ring (bicyclic) bond motifs is 1. The summed E-state index contributed by atoms with van der Waals surface area (Å²) in [7, 11) is 0. The van der Waals surface area contributed by atoms with Gasteiger partial charge in [-0.3, -0.25) is 4.79 Å². The fourth-order valence-corrected chi connectivity index (χ4v) is 3.86. The van der Waals surface area contributed by atoms with Gasteiger partial charge in [0.2, 0.25) is 0 Å². The lowest BCUT2D eigenvalue weighted by atomic mass is 10.1. The van der Waals surface area contributed by atoms with Crippen LogP contribution in [0.3, 0.4) is 0 Å². The molecule has 1 heterocycles. The molecule has 1 aromatic heterocycles. The van der Waals surface area contributed by atoms with Crippen LogP contribution in [0.5, 0.6) is 0 Å². The Morgan fingerprint density at radius 2 is 2.00 bits per heavy atom. The van der Waals surface area contributed by atoms with E-state index in [1.54, 1.807) is 17.4 Å². The molecule has 0 saturated carbocycles. The normalized spacial score (nSPS) is 12.2. The van der Waals surface area contributed by atoms with Crippen molar-refractivity contribution in [1.82, 2.24) is 4.57 Å². The highest BCUT2D eigenvalue weighted by Crippen LogP contribution is 2.23. The molecule has 0 spiro atoms. The monoisotopic (exact) mass is 348 g/mol. The first-order chi connectivity index (χ1) is 12.1. The van der Waals surface area contributed by atoms with Crippen molar-refractivity contribution in [2.45, 2.75) is 20.4 Å². The molecule has 0 aliphatic carbocycles. The van der Waals surface area contributed by atoms with E-state index in [0.717, 1.165) is 15.8 Å². The molecule has 0 aliphatic heterocycles. The molecule has 0 radical (unpaired) electrons. The van der Waals surface area contributed by atoms with E-state index in [-0.39, 0.29) is 5.91 Å². The van der Waals surface area contributed by atoms with E-state index in [1.165, 1.54) is 17.2 Å². The van der Waals surface area contributed by atoms with Gasteiger partial charge in [-0.25, -0.2) is 0 Å². The summed E-state index contributed by atoms with van der Waals surface area (Å²) in [5.41, 5.74) is 4.47. The molecular weight excluding hydrogens is 328 g/mol. The highest BCUT2D eigenvalue weighted by atomic mass is 32.1.